The van der Waals surface area contributed by atoms with Crippen molar-refractivity contribution in [1.29, 1.82) is 0 Å². The number of rotatable bonds is 6. The van der Waals surface area contributed by atoms with Crippen molar-refractivity contribution < 1.29 is 9.59 Å². The average Bonchev–Trinajstić information content (AvgIpc) is 2.56. The van der Waals surface area contributed by atoms with E-state index in [1.54, 1.807) is 11.8 Å². The van der Waals surface area contributed by atoms with E-state index in [1.807, 2.05) is 44.4 Å². The molecule has 0 aliphatic heterocycles. The predicted molar refractivity (Wildman–Crippen MR) is 101 cm³/mol. The van der Waals surface area contributed by atoms with E-state index in [2.05, 4.69) is 12.2 Å². The molecular weight excluding hydrogens is 318 g/mol. The third-order valence-electron chi connectivity index (χ3n) is 4.98. The summed E-state index contributed by atoms with van der Waals surface area (Å²) in [5.41, 5.74) is -0.00151. The quantitative estimate of drug-likeness (QED) is 0.599. The van der Waals surface area contributed by atoms with Crippen LogP contribution in [0.2, 0.25) is 0 Å². The Kier molecular flexibility index (Phi) is 6.50. The number of thioether (sulfide) groups is 1. The fourth-order valence-electron chi connectivity index (χ4n) is 3.15. The Morgan fingerprint density at radius 1 is 1.12 bits per heavy atom. The number of nitrogens with one attached hydrogen (secondary N) is 1. The van der Waals surface area contributed by atoms with Crippen molar-refractivity contribution in [2.75, 3.05) is 6.26 Å². The lowest BCUT2D eigenvalue weighted by molar-refractivity contribution is -0.130. The Morgan fingerprint density at radius 3 is 2.25 bits per heavy atom. The zero-order valence-electron chi connectivity index (χ0n) is 15.2. The van der Waals surface area contributed by atoms with Crippen LogP contribution in [0.25, 0.3) is 0 Å². The second-order valence-corrected chi connectivity index (χ2v) is 8.52. The van der Waals surface area contributed by atoms with Crippen molar-refractivity contribution in [3.05, 3.63) is 29.8 Å². The van der Waals surface area contributed by atoms with E-state index in [9.17, 15) is 9.59 Å². The van der Waals surface area contributed by atoms with Crippen molar-refractivity contribution in [2.45, 2.75) is 63.8 Å². The van der Waals surface area contributed by atoms with Crippen molar-refractivity contribution in [1.82, 2.24) is 5.32 Å². The number of carbonyl (C=O) groups is 2. The van der Waals surface area contributed by atoms with Gasteiger partial charge in [-0.1, -0.05) is 32.9 Å². The molecule has 0 saturated heterocycles. The van der Waals surface area contributed by atoms with Gasteiger partial charge in [0.15, 0.2) is 5.78 Å². The summed E-state index contributed by atoms with van der Waals surface area (Å²) < 4.78 is 0. The lowest BCUT2D eigenvalue weighted by atomic mass is 9.83. The van der Waals surface area contributed by atoms with Crippen molar-refractivity contribution >= 4 is 23.5 Å². The van der Waals surface area contributed by atoms with Crippen LogP contribution in [0.15, 0.2) is 29.2 Å². The second-order valence-electron chi connectivity index (χ2n) is 7.64. The molecule has 0 spiro atoms. The minimum atomic E-state index is -0.682. The van der Waals surface area contributed by atoms with Crippen LogP contribution in [0, 0.1) is 11.3 Å². The van der Waals surface area contributed by atoms with E-state index < -0.39 is 5.41 Å². The smallest absolute Gasteiger partial charge is 0.226 e. The molecule has 24 heavy (non-hydrogen) atoms. The minimum absolute atomic E-state index is 0.00358. The summed E-state index contributed by atoms with van der Waals surface area (Å²) in [6.45, 7) is 5.99. The maximum atomic E-state index is 12.6. The highest BCUT2D eigenvalue weighted by Crippen LogP contribution is 2.27. The molecule has 3 nitrogen and oxygen atoms in total. The van der Waals surface area contributed by atoms with Crippen molar-refractivity contribution in [3.8, 4) is 0 Å². The van der Waals surface area contributed by atoms with Gasteiger partial charge in [0.05, 0.1) is 5.41 Å². The molecule has 0 aromatic heterocycles. The number of carbonyl (C=O) groups excluding carboxylic acids is 2. The van der Waals surface area contributed by atoms with Gasteiger partial charge in [-0.05, 0) is 50.0 Å². The van der Waals surface area contributed by atoms with Gasteiger partial charge < -0.3 is 5.32 Å². The molecule has 0 unspecified atom stereocenters. The highest BCUT2D eigenvalue weighted by atomic mass is 32.2. The molecule has 1 saturated carbocycles. The fourth-order valence-corrected chi connectivity index (χ4v) is 3.55. The van der Waals surface area contributed by atoms with E-state index in [0.717, 1.165) is 23.7 Å². The van der Waals surface area contributed by atoms with Gasteiger partial charge in [0, 0.05) is 22.9 Å². The number of hydrogen-bond donors (Lipinski definition) is 1. The van der Waals surface area contributed by atoms with Gasteiger partial charge in [-0.3, -0.25) is 9.59 Å². The highest BCUT2D eigenvalue weighted by molar-refractivity contribution is 7.98. The van der Waals surface area contributed by atoms with Crippen molar-refractivity contribution in [2.24, 2.45) is 11.3 Å². The maximum absolute atomic E-state index is 12.6. The molecule has 4 heteroatoms. The topological polar surface area (TPSA) is 46.2 Å². The largest absolute Gasteiger partial charge is 0.353 e. The highest BCUT2D eigenvalue weighted by Gasteiger charge is 2.32. The van der Waals surface area contributed by atoms with Crippen LogP contribution in [0.5, 0.6) is 0 Å². The minimum Gasteiger partial charge on any atom is -0.353 e. The lowest BCUT2D eigenvalue weighted by Gasteiger charge is -2.31. The Bertz CT molecular complexity index is 572. The molecule has 0 atom stereocenters. The molecule has 1 aliphatic rings. The van der Waals surface area contributed by atoms with Crippen LogP contribution >= 0.6 is 11.8 Å². The molecule has 1 N–H and O–H groups in total. The standard InChI is InChI=1S/C20H29NO2S/c1-14-5-9-16(10-6-14)21-19(23)20(2,3)13-18(22)15-7-11-17(24-4)12-8-15/h7-8,11-12,14,16H,5-6,9-10,13H2,1-4H3,(H,21,23). The number of hydrogen-bond acceptors (Lipinski definition) is 3. The monoisotopic (exact) mass is 347 g/mol. The third kappa shape index (κ3) is 5.10. The van der Waals surface area contributed by atoms with Crippen LogP contribution in [0.4, 0.5) is 0 Å². The van der Waals surface area contributed by atoms with Gasteiger partial charge in [0.2, 0.25) is 5.91 Å². The van der Waals surface area contributed by atoms with Crippen LogP contribution in [-0.2, 0) is 4.79 Å². The van der Waals surface area contributed by atoms with Gasteiger partial charge in [-0.2, -0.15) is 0 Å². The average molecular weight is 348 g/mol. The Hall–Kier alpha value is -1.29. The third-order valence-corrected chi connectivity index (χ3v) is 5.72. The number of Topliss-reactive ketones (excluding diaryl/α,β-unsaturated/α-hetero) is 1. The number of benzene rings is 1. The molecule has 1 aromatic rings. The first-order chi connectivity index (χ1) is 11.3. The molecule has 1 aliphatic carbocycles. The fraction of sp³-hybridized carbons (Fsp3) is 0.600. The summed E-state index contributed by atoms with van der Waals surface area (Å²) >= 11 is 1.65. The SMILES string of the molecule is CSc1ccc(C(=O)CC(C)(C)C(=O)NC2CCC(C)CC2)cc1. The summed E-state index contributed by atoms with van der Waals surface area (Å²) in [7, 11) is 0. The maximum Gasteiger partial charge on any atom is 0.226 e. The first kappa shape index (κ1) is 19.0. The van der Waals surface area contributed by atoms with Gasteiger partial charge in [0.1, 0.15) is 0 Å². The molecular formula is C20H29NO2S. The Labute approximate surface area is 150 Å². The summed E-state index contributed by atoms with van der Waals surface area (Å²) in [4.78, 5) is 26.3. The van der Waals surface area contributed by atoms with E-state index >= 15 is 0 Å². The van der Waals surface area contributed by atoms with Crippen molar-refractivity contribution in [3.63, 3.8) is 0 Å². The molecule has 1 aromatic carbocycles. The Balaban J connectivity index is 1.93. The van der Waals surface area contributed by atoms with Crippen LogP contribution < -0.4 is 5.32 Å². The molecule has 0 radical (unpaired) electrons. The van der Waals surface area contributed by atoms with E-state index in [4.69, 9.17) is 0 Å². The zero-order chi connectivity index (χ0) is 17.7. The molecule has 2 rings (SSSR count). The lowest BCUT2D eigenvalue weighted by Crippen LogP contribution is -2.45. The van der Waals surface area contributed by atoms with Gasteiger partial charge in [-0.15, -0.1) is 11.8 Å². The van der Waals surface area contributed by atoms with Gasteiger partial charge >= 0.3 is 0 Å². The summed E-state index contributed by atoms with van der Waals surface area (Å²) in [5, 5.41) is 3.16. The molecule has 0 heterocycles. The molecule has 1 amide bonds. The van der Waals surface area contributed by atoms with Crippen LogP contribution in [0.1, 0.15) is 63.2 Å². The normalized spacial score (nSPS) is 21.3. The van der Waals surface area contributed by atoms with Gasteiger partial charge in [-0.25, -0.2) is 0 Å². The Morgan fingerprint density at radius 2 is 1.71 bits per heavy atom. The summed E-state index contributed by atoms with van der Waals surface area (Å²) in [6.07, 6.45) is 6.69. The first-order valence-corrected chi connectivity index (χ1v) is 10.0. The summed E-state index contributed by atoms with van der Waals surface area (Å²) in [6, 6.07) is 7.88. The number of ketones is 1. The molecule has 132 valence electrons. The predicted octanol–water partition coefficient (Wildman–Crippen LogP) is 4.70. The number of amides is 1. The van der Waals surface area contributed by atoms with Gasteiger partial charge in [0.25, 0.3) is 0 Å². The van der Waals surface area contributed by atoms with E-state index in [-0.39, 0.29) is 24.2 Å². The van der Waals surface area contributed by atoms with Crippen LogP contribution in [0.3, 0.4) is 0 Å². The second kappa shape index (κ2) is 8.19. The zero-order valence-corrected chi connectivity index (χ0v) is 16.0. The van der Waals surface area contributed by atoms with Crippen LogP contribution in [-0.4, -0.2) is 24.0 Å². The molecule has 0 bridgehead atoms. The summed E-state index contributed by atoms with van der Waals surface area (Å²) in [5.74, 6) is 0.785. The van der Waals surface area contributed by atoms with E-state index in [1.165, 1.54) is 12.8 Å². The first-order valence-electron chi connectivity index (χ1n) is 8.80. The van der Waals surface area contributed by atoms with E-state index in [0.29, 0.717) is 5.56 Å². The molecule has 1 fully saturated rings.